The first-order chi connectivity index (χ1) is 14.3. The van der Waals surface area contributed by atoms with Crippen molar-refractivity contribution in [1.82, 2.24) is 15.1 Å². The Hall–Kier alpha value is -3.23. The largest absolute Gasteiger partial charge is 0.510 e. The lowest BCUT2D eigenvalue weighted by Crippen LogP contribution is -2.54. The molecule has 1 aromatic rings. The highest BCUT2D eigenvalue weighted by atomic mass is 19.1. The Bertz CT molecular complexity index is 1010. The number of fused-ring (bicyclic) bond motifs is 4. The first-order valence-corrected chi connectivity index (χ1v) is 9.55. The van der Waals surface area contributed by atoms with Crippen molar-refractivity contribution in [2.45, 2.75) is 32.4 Å². The molecular formula is C21H20F3N3O3. The lowest BCUT2D eigenvalue weighted by Gasteiger charge is -2.42. The highest BCUT2D eigenvalue weighted by Gasteiger charge is 2.42. The van der Waals surface area contributed by atoms with E-state index in [9.17, 15) is 27.9 Å². The lowest BCUT2D eigenvalue weighted by atomic mass is 10.00. The van der Waals surface area contributed by atoms with Crippen molar-refractivity contribution in [2.75, 3.05) is 13.1 Å². The maximum Gasteiger partial charge on any atom is 0.274 e. The third-order valence-corrected chi connectivity index (χ3v) is 5.46. The van der Waals surface area contributed by atoms with E-state index >= 15 is 0 Å². The summed E-state index contributed by atoms with van der Waals surface area (Å²) in [7, 11) is 0. The maximum absolute atomic E-state index is 14.5. The van der Waals surface area contributed by atoms with Crippen LogP contribution in [-0.2, 0) is 16.1 Å². The first kappa shape index (κ1) is 20.1. The third-order valence-electron chi connectivity index (χ3n) is 5.46. The third kappa shape index (κ3) is 3.44. The fraction of sp³-hybridized carbons (Fsp3) is 0.333. The summed E-state index contributed by atoms with van der Waals surface area (Å²) in [4.78, 5) is 28.0. The zero-order valence-electron chi connectivity index (χ0n) is 16.2. The van der Waals surface area contributed by atoms with Crippen molar-refractivity contribution in [3.05, 3.63) is 70.0 Å². The minimum absolute atomic E-state index is 0.0520. The van der Waals surface area contributed by atoms with Crippen molar-refractivity contribution < 1.29 is 27.9 Å². The number of aliphatic hydroxyl groups excluding tert-OH is 1. The fourth-order valence-corrected chi connectivity index (χ4v) is 3.93. The minimum Gasteiger partial charge on any atom is -0.510 e. The number of aryl methyl sites for hydroxylation is 1. The highest BCUT2D eigenvalue weighted by Crippen LogP contribution is 2.35. The summed E-state index contributed by atoms with van der Waals surface area (Å²) < 4.78 is 42.5. The quantitative estimate of drug-likeness (QED) is 0.790. The van der Waals surface area contributed by atoms with Gasteiger partial charge in [0.2, 0.25) is 5.91 Å². The van der Waals surface area contributed by atoms with Crippen LogP contribution in [0.3, 0.4) is 0 Å². The van der Waals surface area contributed by atoms with Gasteiger partial charge in [0.1, 0.15) is 35.0 Å². The van der Waals surface area contributed by atoms with Gasteiger partial charge in [-0.25, -0.2) is 13.2 Å². The number of nitrogens with one attached hydrogen (secondary N) is 1. The van der Waals surface area contributed by atoms with Gasteiger partial charge in [0.05, 0.1) is 0 Å². The number of halogens is 3. The van der Waals surface area contributed by atoms with Gasteiger partial charge in [0.15, 0.2) is 0 Å². The van der Waals surface area contributed by atoms with Crippen molar-refractivity contribution in [2.24, 2.45) is 0 Å². The normalized spacial score (nSPS) is 21.1. The molecule has 0 aliphatic carbocycles. The Morgan fingerprint density at radius 2 is 1.97 bits per heavy atom. The number of nitrogens with zero attached hydrogens (tertiary/aromatic N) is 2. The monoisotopic (exact) mass is 419 g/mol. The van der Waals surface area contributed by atoms with Gasteiger partial charge in [0, 0.05) is 43.4 Å². The van der Waals surface area contributed by atoms with Gasteiger partial charge in [-0.05, 0) is 37.1 Å². The number of rotatable bonds is 3. The zero-order chi connectivity index (χ0) is 21.6. The minimum atomic E-state index is -0.836. The Morgan fingerprint density at radius 1 is 1.27 bits per heavy atom. The van der Waals surface area contributed by atoms with Gasteiger partial charge in [0.25, 0.3) is 5.91 Å². The van der Waals surface area contributed by atoms with Gasteiger partial charge < -0.3 is 20.2 Å². The zero-order valence-corrected chi connectivity index (χ0v) is 16.2. The van der Waals surface area contributed by atoms with Crippen molar-refractivity contribution in [3.8, 4) is 0 Å². The van der Waals surface area contributed by atoms with E-state index in [4.69, 9.17) is 0 Å². The number of carbonyl (C=O) groups is 2. The standard InChI is InChI=1S/C21H20F3N3O3/c1-11-5-15(23)13(16(24)6-11)8-25-20(29)12-7-18(28)19-21(30)26-4-2-3-14(22)17(10-26)27(19)9-12/h3,5-6,9,17,28H,2,4,7-8,10H2,1H3,(H,25,29)/t17-/m0/s1. The van der Waals surface area contributed by atoms with Crippen LogP contribution in [0, 0.1) is 18.6 Å². The van der Waals surface area contributed by atoms with E-state index in [0.29, 0.717) is 18.5 Å². The lowest BCUT2D eigenvalue weighted by molar-refractivity contribution is -0.132. The molecule has 9 heteroatoms. The first-order valence-electron chi connectivity index (χ1n) is 9.55. The SMILES string of the molecule is Cc1cc(F)c(CNC(=O)C2=CN3C(=C(O)C2)C(=O)N2CCC=C(F)[C@@H]3C2)c(F)c1. The summed E-state index contributed by atoms with van der Waals surface area (Å²) in [6.07, 6.45) is 2.84. The van der Waals surface area contributed by atoms with Crippen LogP contribution in [-0.4, -0.2) is 45.9 Å². The molecule has 1 saturated heterocycles. The van der Waals surface area contributed by atoms with Crippen molar-refractivity contribution in [3.63, 3.8) is 0 Å². The summed E-state index contributed by atoms with van der Waals surface area (Å²) in [6, 6.07) is 1.49. The van der Waals surface area contributed by atoms with Crippen LogP contribution in [0.25, 0.3) is 0 Å². The van der Waals surface area contributed by atoms with E-state index < -0.39 is 41.9 Å². The van der Waals surface area contributed by atoms with Crippen LogP contribution >= 0.6 is 0 Å². The average Bonchev–Trinajstić information content (AvgIpc) is 2.84. The number of aliphatic hydroxyl groups is 1. The molecular weight excluding hydrogens is 399 g/mol. The number of hydrogen-bond donors (Lipinski definition) is 2. The molecule has 2 amide bonds. The van der Waals surface area contributed by atoms with Gasteiger partial charge in [-0.3, -0.25) is 9.59 Å². The van der Waals surface area contributed by atoms with Gasteiger partial charge in [-0.1, -0.05) is 0 Å². The van der Waals surface area contributed by atoms with Crippen LogP contribution in [0.1, 0.15) is 24.0 Å². The number of allylic oxidation sites excluding steroid dienone is 1. The van der Waals surface area contributed by atoms with Crippen LogP contribution in [0.2, 0.25) is 0 Å². The second-order valence-electron chi connectivity index (χ2n) is 7.57. The molecule has 0 saturated carbocycles. The van der Waals surface area contributed by atoms with E-state index in [1.807, 2.05) is 0 Å². The summed E-state index contributed by atoms with van der Waals surface area (Å²) in [5.74, 6) is -3.44. The number of piperazine rings is 1. The molecule has 6 nitrogen and oxygen atoms in total. The molecule has 2 N–H and O–H groups in total. The molecule has 3 heterocycles. The maximum atomic E-state index is 14.5. The molecule has 30 heavy (non-hydrogen) atoms. The molecule has 1 fully saturated rings. The summed E-state index contributed by atoms with van der Waals surface area (Å²) >= 11 is 0. The Kier molecular flexibility index (Phi) is 5.05. The molecule has 4 rings (SSSR count). The molecule has 0 unspecified atom stereocenters. The Labute approximate surface area is 171 Å². The molecule has 0 spiro atoms. The number of carbonyl (C=O) groups excluding carboxylic acids is 2. The average molecular weight is 419 g/mol. The predicted octanol–water partition coefficient (Wildman–Crippen LogP) is 2.72. The topological polar surface area (TPSA) is 72.9 Å². The molecule has 1 aromatic carbocycles. The van der Waals surface area contributed by atoms with E-state index in [-0.39, 0.29) is 35.6 Å². The van der Waals surface area contributed by atoms with E-state index in [1.165, 1.54) is 22.1 Å². The van der Waals surface area contributed by atoms with E-state index in [1.54, 1.807) is 6.92 Å². The molecule has 0 radical (unpaired) electrons. The van der Waals surface area contributed by atoms with Crippen LogP contribution < -0.4 is 5.32 Å². The second-order valence-corrected chi connectivity index (χ2v) is 7.57. The highest BCUT2D eigenvalue weighted by molar-refractivity contribution is 5.98. The van der Waals surface area contributed by atoms with Crippen LogP contribution in [0.5, 0.6) is 0 Å². The Morgan fingerprint density at radius 3 is 2.67 bits per heavy atom. The van der Waals surface area contributed by atoms with Crippen molar-refractivity contribution >= 4 is 11.8 Å². The van der Waals surface area contributed by atoms with Gasteiger partial charge >= 0.3 is 0 Å². The molecule has 158 valence electrons. The molecule has 3 aliphatic rings. The fourth-order valence-electron chi connectivity index (χ4n) is 3.93. The van der Waals surface area contributed by atoms with E-state index in [2.05, 4.69) is 5.32 Å². The molecule has 2 bridgehead atoms. The van der Waals surface area contributed by atoms with Crippen LogP contribution in [0.15, 0.2) is 47.3 Å². The summed E-state index contributed by atoms with van der Waals surface area (Å²) in [5.41, 5.74) is 0.138. The number of amides is 2. The van der Waals surface area contributed by atoms with Gasteiger partial charge in [-0.15, -0.1) is 0 Å². The smallest absolute Gasteiger partial charge is 0.274 e. The molecule has 0 aromatic heterocycles. The molecule has 1 atom stereocenters. The van der Waals surface area contributed by atoms with Crippen LogP contribution in [0.4, 0.5) is 13.2 Å². The number of benzene rings is 1. The molecule has 3 aliphatic heterocycles. The van der Waals surface area contributed by atoms with Crippen molar-refractivity contribution in [1.29, 1.82) is 0 Å². The Balaban J connectivity index is 1.57. The summed E-state index contributed by atoms with van der Waals surface area (Å²) in [6.45, 7) is 1.60. The van der Waals surface area contributed by atoms with E-state index in [0.717, 1.165) is 12.1 Å². The second kappa shape index (κ2) is 7.55. The number of hydrogen-bond acceptors (Lipinski definition) is 4. The van der Waals surface area contributed by atoms with Gasteiger partial charge in [-0.2, -0.15) is 0 Å². The predicted molar refractivity (Wildman–Crippen MR) is 101 cm³/mol. The summed E-state index contributed by atoms with van der Waals surface area (Å²) in [5, 5.41) is 12.9.